The van der Waals surface area contributed by atoms with Gasteiger partial charge in [0.25, 0.3) is 9.03 Å². The van der Waals surface area contributed by atoms with Gasteiger partial charge in [-0.1, -0.05) is 24.3 Å². The van der Waals surface area contributed by atoms with E-state index in [4.69, 9.17) is 9.05 Å². The first kappa shape index (κ1) is 20.5. The molecule has 7 heteroatoms. The van der Waals surface area contributed by atoms with Gasteiger partial charge in [0.2, 0.25) is 0 Å². The zero-order chi connectivity index (χ0) is 20.1. The van der Waals surface area contributed by atoms with Crippen molar-refractivity contribution in [2.75, 3.05) is 0 Å². The molecule has 0 heterocycles. The average Bonchev–Trinajstić information content (AvgIpc) is 2.60. The summed E-state index contributed by atoms with van der Waals surface area (Å²) in [4.78, 5) is 47.3. The molecule has 0 radical (unpaired) electrons. The first-order valence-electron chi connectivity index (χ1n) is 8.12. The third-order valence-electron chi connectivity index (χ3n) is 3.82. The van der Waals surface area contributed by atoms with Crippen LogP contribution >= 0.6 is 9.03 Å². The van der Waals surface area contributed by atoms with Crippen LogP contribution in [0.5, 0.6) is 11.5 Å². The molecule has 2 rings (SSSR count). The van der Waals surface area contributed by atoms with Gasteiger partial charge in [-0.3, -0.25) is 19.2 Å². The predicted octanol–water partition coefficient (Wildman–Crippen LogP) is 4.46. The third kappa shape index (κ3) is 4.66. The van der Waals surface area contributed by atoms with Gasteiger partial charge in [0, 0.05) is 11.1 Å². The zero-order valence-corrected chi connectivity index (χ0v) is 16.4. The van der Waals surface area contributed by atoms with Crippen molar-refractivity contribution < 1.29 is 28.2 Å². The number of rotatable bonds is 8. The molecule has 0 aliphatic carbocycles. The molecule has 0 unspecified atom stereocenters. The lowest BCUT2D eigenvalue weighted by Gasteiger charge is -2.14. The Morgan fingerprint density at radius 2 is 1.00 bits per heavy atom. The van der Waals surface area contributed by atoms with Gasteiger partial charge in [-0.25, -0.2) is 0 Å². The van der Waals surface area contributed by atoms with Crippen molar-refractivity contribution in [2.24, 2.45) is 0 Å². The van der Waals surface area contributed by atoms with Gasteiger partial charge in [0.05, 0.1) is 11.1 Å². The van der Waals surface area contributed by atoms with E-state index in [-0.39, 0.29) is 56.9 Å². The van der Waals surface area contributed by atoms with Crippen molar-refractivity contribution in [1.82, 2.24) is 0 Å². The molecule has 27 heavy (non-hydrogen) atoms. The van der Waals surface area contributed by atoms with E-state index in [2.05, 4.69) is 0 Å². The first-order valence-corrected chi connectivity index (χ1v) is 8.94. The number of carbonyl (C=O) groups is 4. The maximum Gasteiger partial charge on any atom is 0.275 e. The highest BCUT2D eigenvalue weighted by Gasteiger charge is 2.19. The van der Waals surface area contributed by atoms with Crippen LogP contribution in [0.3, 0.4) is 0 Å². The molecule has 0 aliphatic rings. The van der Waals surface area contributed by atoms with Gasteiger partial charge in [0.1, 0.15) is 11.5 Å². The third-order valence-corrected chi connectivity index (χ3v) is 4.42. The summed E-state index contributed by atoms with van der Waals surface area (Å²) in [6.07, 6.45) is 0. The fraction of sp³-hybridized carbons (Fsp3) is 0.200. The maximum absolute atomic E-state index is 11.9. The number of benzene rings is 2. The van der Waals surface area contributed by atoms with Crippen molar-refractivity contribution in [3.05, 3.63) is 58.7 Å². The quantitative estimate of drug-likeness (QED) is 0.492. The van der Waals surface area contributed by atoms with Crippen molar-refractivity contribution in [3.63, 3.8) is 0 Å². The number of carbonyl (C=O) groups excluding carboxylic acids is 4. The first-order chi connectivity index (χ1) is 12.7. The van der Waals surface area contributed by atoms with Crippen molar-refractivity contribution in [2.45, 2.75) is 27.7 Å². The minimum absolute atomic E-state index is 0.186. The van der Waals surface area contributed by atoms with Crippen LogP contribution in [0.4, 0.5) is 0 Å². The second-order valence-corrected chi connectivity index (χ2v) is 6.44. The van der Waals surface area contributed by atoms with E-state index in [0.29, 0.717) is 0 Å². The number of hydrogen-bond acceptors (Lipinski definition) is 6. The minimum atomic E-state index is -0.582. The summed E-state index contributed by atoms with van der Waals surface area (Å²) in [7, 11) is -0.582. The molecule has 0 saturated heterocycles. The van der Waals surface area contributed by atoms with E-state index in [1.54, 1.807) is 36.4 Å². The molecule has 0 aliphatic heterocycles. The fourth-order valence-electron chi connectivity index (χ4n) is 2.66. The molecule has 0 bridgehead atoms. The maximum atomic E-state index is 11.9. The lowest BCUT2D eigenvalue weighted by atomic mass is 10.0. The van der Waals surface area contributed by atoms with E-state index in [1.165, 1.54) is 27.7 Å². The highest BCUT2D eigenvalue weighted by molar-refractivity contribution is 7.27. The number of hydrogen-bond donors (Lipinski definition) is 0. The topological polar surface area (TPSA) is 86.7 Å². The molecule has 0 spiro atoms. The summed E-state index contributed by atoms with van der Waals surface area (Å²) in [6, 6.07) is 9.47. The molecule has 0 atom stereocenters. The lowest BCUT2D eigenvalue weighted by Crippen LogP contribution is -2.07. The van der Waals surface area contributed by atoms with Crippen LogP contribution in [0, 0.1) is 0 Å². The van der Waals surface area contributed by atoms with E-state index < -0.39 is 9.03 Å². The Balaban J connectivity index is 2.28. The Labute approximate surface area is 158 Å². The Morgan fingerprint density at radius 1 is 0.630 bits per heavy atom. The summed E-state index contributed by atoms with van der Waals surface area (Å²) >= 11 is 0. The Hall–Kier alpha value is -2.85. The summed E-state index contributed by atoms with van der Waals surface area (Å²) in [5.41, 5.74) is 0.913. The van der Waals surface area contributed by atoms with E-state index in [0.717, 1.165) is 0 Å². The fourth-order valence-corrected chi connectivity index (χ4v) is 3.22. The molecule has 6 nitrogen and oxygen atoms in total. The highest BCUT2D eigenvalue weighted by atomic mass is 31.1. The van der Waals surface area contributed by atoms with Crippen LogP contribution in [0.15, 0.2) is 36.4 Å². The monoisotopic (exact) mass is 386 g/mol. The molecule has 0 saturated carbocycles. The molecule has 140 valence electrons. The average molecular weight is 386 g/mol. The molecule has 2 aromatic rings. The lowest BCUT2D eigenvalue weighted by molar-refractivity contribution is 0.0979. The second-order valence-electron chi connectivity index (χ2n) is 5.87. The van der Waals surface area contributed by atoms with Gasteiger partial charge >= 0.3 is 0 Å². The van der Waals surface area contributed by atoms with Crippen molar-refractivity contribution >= 4 is 32.2 Å². The molecular formula is C20H19O6P. The van der Waals surface area contributed by atoms with Crippen LogP contribution in [-0.4, -0.2) is 23.1 Å². The van der Waals surface area contributed by atoms with Crippen LogP contribution in [-0.2, 0) is 0 Å². The molecule has 0 fully saturated rings. The largest absolute Gasteiger partial charge is 0.440 e. The van der Waals surface area contributed by atoms with E-state index in [1.807, 2.05) is 0 Å². The van der Waals surface area contributed by atoms with Crippen LogP contribution in [0.2, 0.25) is 0 Å². The second kappa shape index (κ2) is 8.69. The van der Waals surface area contributed by atoms with Crippen molar-refractivity contribution in [1.29, 1.82) is 0 Å². The smallest absolute Gasteiger partial charge is 0.275 e. The Bertz CT molecular complexity index is 857. The Kier molecular flexibility index (Phi) is 6.59. The Morgan fingerprint density at radius 3 is 1.30 bits per heavy atom. The number of Topliss-reactive ketones (excluding diaryl/α,β-unsaturated/α-hetero) is 4. The van der Waals surface area contributed by atoms with Crippen LogP contribution in [0.25, 0.3) is 0 Å². The predicted molar refractivity (Wildman–Crippen MR) is 102 cm³/mol. The minimum Gasteiger partial charge on any atom is -0.440 e. The van der Waals surface area contributed by atoms with Crippen LogP contribution in [0.1, 0.15) is 69.1 Å². The molecular weight excluding hydrogens is 367 g/mol. The van der Waals surface area contributed by atoms with E-state index in [9.17, 15) is 19.2 Å². The number of ketones is 4. The molecule has 2 aromatic carbocycles. The van der Waals surface area contributed by atoms with Gasteiger partial charge in [-0.2, -0.15) is 0 Å². The van der Waals surface area contributed by atoms with Gasteiger partial charge < -0.3 is 9.05 Å². The van der Waals surface area contributed by atoms with E-state index >= 15 is 0 Å². The van der Waals surface area contributed by atoms with Crippen molar-refractivity contribution in [3.8, 4) is 11.5 Å². The summed E-state index contributed by atoms with van der Waals surface area (Å²) in [5.74, 6) is -0.653. The molecule has 0 amide bonds. The summed E-state index contributed by atoms with van der Waals surface area (Å²) in [5, 5.41) is 0. The molecule has 0 aromatic heterocycles. The summed E-state index contributed by atoms with van der Waals surface area (Å²) in [6.45, 7) is 5.44. The molecule has 0 N–H and O–H groups in total. The normalized spacial score (nSPS) is 10.2. The zero-order valence-electron chi connectivity index (χ0n) is 15.4. The standard InChI is InChI=1S/C20H19O6P/c1-11(21)15-7-5-9-17(19(15)13(3)23)25-27-26-18-10-6-8-16(12(2)22)20(18)14(4)24/h5-10,27H,1-4H3. The van der Waals surface area contributed by atoms with Gasteiger partial charge in [-0.05, 0) is 39.8 Å². The summed E-state index contributed by atoms with van der Waals surface area (Å²) < 4.78 is 11.1. The van der Waals surface area contributed by atoms with Gasteiger partial charge in [0.15, 0.2) is 23.1 Å². The highest BCUT2D eigenvalue weighted by Crippen LogP contribution is 2.33. The SMILES string of the molecule is CC(=O)c1cccc(OPOc2cccc(C(C)=O)c2C(C)=O)c1C(C)=O. The van der Waals surface area contributed by atoms with Crippen LogP contribution < -0.4 is 9.05 Å². The van der Waals surface area contributed by atoms with Gasteiger partial charge in [-0.15, -0.1) is 0 Å².